The molecule has 0 aliphatic carbocycles. The fraction of sp³-hybridized carbons (Fsp3) is 0.833. The molecule has 1 amide bonds. The van der Waals surface area contributed by atoms with E-state index in [1.54, 1.807) is 0 Å². The van der Waals surface area contributed by atoms with Gasteiger partial charge in [-0.15, -0.1) is 0 Å². The van der Waals surface area contributed by atoms with Crippen molar-refractivity contribution in [2.45, 2.75) is 348 Å². The van der Waals surface area contributed by atoms with Crippen molar-refractivity contribution in [3.05, 3.63) is 60.8 Å². The van der Waals surface area contributed by atoms with Gasteiger partial charge in [-0.25, -0.2) is 0 Å². The van der Waals surface area contributed by atoms with E-state index in [1.807, 2.05) is 33.3 Å². The summed E-state index contributed by atoms with van der Waals surface area (Å²) in [6, 6.07) is -0.890. The molecule has 82 heavy (non-hydrogen) atoms. The SMILES string of the molecule is CCCCC/C=C\C/C=C\C/C=C\C/C=C\CCCCCCCCCCCC(=O)OC(/C=C/CCCCCCCCCCCC)C(COP(=O)([O-])OCC[N+](C)(C)C)NC(=O)CCCCCCCCCCCCCCCCCCCCC. The van der Waals surface area contributed by atoms with E-state index >= 15 is 0 Å². The lowest BCUT2D eigenvalue weighted by atomic mass is 10.0. The molecule has 0 saturated heterocycles. The number of carbonyl (C=O) groups excluding carboxylic acids is 2. The largest absolute Gasteiger partial charge is 0.756 e. The second kappa shape index (κ2) is 61.8. The predicted molar refractivity (Wildman–Crippen MR) is 353 cm³/mol. The van der Waals surface area contributed by atoms with Crippen LogP contribution < -0.4 is 10.2 Å². The van der Waals surface area contributed by atoms with Crippen LogP contribution in [0.2, 0.25) is 0 Å². The number of rotatable bonds is 64. The molecule has 0 fully saturated rings. The molecule has 0 aromatic carbocycles. The van der Waals surface area contributed by atoms with Crippen molar-refractivity contribution in [1.82, 2.24) is 5.32 Å². The maximum atomic E-state index is 13.6. The number of nitrogens with one attached hydrogen (secondary N) is 1. The van der Waals surface area contributed by atoms with Crippen molar-refractivity contribution in [2.24, 2.45) is 0 Å². The van der Waals surface area contributed by atoms with Crippen LogP contribution in [-0.2, 0) is 27.9 Å². The normalized spacial score (nSPS) is 13.9. The van der Waals surface area contributed by atoms with E-state index < -0.39 is 20.0 Å². The maximum Gasteiger partial charge on any atom is 0.306 e. The highest BCUT2D eigenvalue weighted by Gasteiger charge is 2.27. The Kier molecular flexibility index (Phi) is 60.1. The molecule has 10 heteroatoms. The first-order valence-electron chi connectivity index (χ1n) is 35.1. The average Bonchev–Trinajstić information content (AvgIpc) is 3.44. The summed E-state index contributed by atoms with van der Waals surface area (Å²) in [7, 11) is 1.19. The summed E-state index contributed by atoms with van der Waals surface area (Å²) in [5.74, 6) is -0.534. The number of unbranched alkanes of at least 4 members (excludes halogenated alkanes) is 40. The lowest BCUT2D eigenvalue weighted by Gasteiger charge is -2.30. The van der Waals surface area contributed by atoms with Gasteiger partial charge in [0.15, 0.2) is 0 Å². The van der Waals surface area contributed by atoms with E-state index in [4.69, 9.17) is 13.8 Å². The van der Waals surface area contributed by atoms with E-state index in [-0.39, 0.29) is 31.5 Å². The monoisotopic (exact) mass is 1170 g/mol. The third-order valence-corrected chi connectivity index (χ3v) is 16.7. The smallest absolute Gasteiger partial charge is 0.306 e. The zero-order valence-corrected chi connectivity index (χ0v) is 55.8. The van der Waals surface area contributed by atoms with Crippen LogP contribution >= 0.6 is 7.82 Å². The Bertz CT molecular complexity index is 1590. The Morgan fingerprint density at radius 3 is 1.13 bits per heavy atom. The quantitative estimate of drug-likeness (QED) is 0.0212. The lowest BCUT2D eigenvalue weighted by molar-refractivity contribution is -0.870. The summed E-state index contributed by atoms with van der Waals surface area (Å²) in [6.07, 6.45) is 79.1. The van der Waals surface area contributed by atoms with Gasteiger partial charge in [0.25, 0.3) is 7.82 Å². The Labute approximate surface area is 509 Å². The van der Waals surface area contributed by atoms with Crippen LogP contribution in [0.25, 0.3) is 0 Å². The van der Waals surface area contributed by atoms with Crippen LogP contribution in [-0.4, -0.2) is 69.4 Å². The number of nitrogens with zero attached hydrogens (tertiary/aromatic N) is 1. The molecule has 1 N–H and O–H groups in total. The van der Waals surface area contributed by atoms with Gasteiger partial charge in [-0.2, -0.15) is 0 Å². The first-order valence-corrected chi connectivity index (χ1v) is 36.6. The summed E-state index contributed by atoms with van der Waals surface area (Å²) >= 11 is 0. The first kappa shape index (κ1) is 79.7. The molecule has 480 valence electrons. The topological polar surface area (TPSA) is 114 Å². The van der Waals surface area contributed by atoms with Crippen molar-refractivity contribution in [2.75, 3.05) is 40.9 Å². The summed E-state index contributed by atoms with van der Waals surface area (Å²) in [5, 5.41) is 3.04. The fourth-order valence-corrected chi connectivity index (χ4v) is 11.0. The van der Waals surface area contributed by atoms with Crippen LogP contribution in [0, 0.1) is 0 Å². The van der Waals surface area contributed by atoms with Crippen molar-refractivity contribution < 1.29 is 37.3 Å². The summed E-state index contributed by atoms with van der Waals surface area (Å²) < 4.78 is 30.4. The Morgan fingerprint density at radius 1 is 0.427 bits per heavy atom. The number of carbonyl (C=O) groups is 2. The van der Waals surface area contributed by atoms with Gasteiger partial charge in [-0.1, -0.05) is 307 Å². The zero-order chi connectivity index (χ0) is 60.0. The maximum absolute atomic E-state index is 13.6. The summed E-state index contributed by atoms with van der Waals surface area (Å²) in [5.41, 5.74) is 0. The number of ether oxygens (including phenoxy) is 1. The van der Waals surface area contributed by atoms with E-state index in [2.05, 4.69) is 74.7 Å². The number of amides is 1. The molecule has 0 radical (unpaired) electrons. The fourth-order valence-electron chi connectivity index (χ4n) is 10.3. The second-order valence-electron chi connectivity index (χ2n) is 25.0. The van der Waals surface area contributed by atoms with Gasteiger partial charge in [0.1, 0.15) is 19.3 Å². The highest BCUT2D eigenvalue weighted by atomic mass is 31.2. The molecule has 3 unspecified atom stereocenters. The highest BCUT2D eigenvalue weighted by Crippen LogP contribution is 2.38. The third-order valence-electron chi connectivity index (χ3n) is 15.7. The van der Waals surface area contributed by atoms with Gasteiger partial charge in [0.2, 0.25) is 5.91 Å². The molecule has 9 nitrogen and oxygen atoms in total. The minimum Gasteiger partial charge on any atom is -0.756 e. The van der Waals surface area contributed by atoms with E-state index in [1.165, 1.54) is 212 Å². The number of hydrogen-bond donors (Lipinski definition) is 1. The van der Waals surface area contributed by atoms with Crippen molar-refractivity contribution in [3.63, 3.8) is 0 Å². The van der Waals surface area contributed by atoms with Gasteiger partial charge in [0, 0.05) is 12.8 Å². The molecule has 0 aromatic rings. The van der Waals surface area contributed by atoms with Crippen LogP contribution in [0.15, 0.2) is 60.8 Å². The molecule has 0 aromatic heterocycles. The molecular formula is C72H135N2O7P. The van der Waals surface area contributed by atoms with Gasteiger partial charge < -0.3 is 28.5 Å². The minimum absolute atomic E-state index is 0.0226. The summed E-state index contributed by atoms with van der Waals surface area (Å²) in [4.78, 5) is 40.2. The zero-order valence-electron chi connectivity index (χ0n) is 54.9. The van der Waals surface area contributed by atoms with Gasteiger partial charge >= 0.3 is 5.97 Å². The first-order chi connectivity index (χ1) is 39.9. The van der Waals surface area contributed by atoms with Gasteiger partial charge in [-0.05, 0) is 76.7 Å². The minimum atomic E-state index is -4.70. The Balaban J connectivity index is 5.09. The number of hydrogen-bond acceptors (Lipinski definition) is 7. The van der Waals surface area contributed by atoms with E-state index in [0.29, 0.717) is 17.4 Å². The average molecular weight is 1170 g/mol. The van der Waals surface area contributed by atoms with Crippen LogP contribution in [0.4, 0.5) is 0 Å². The van der Waals surface area contributed by atoms with Crippen LogP contribution in [0.3, 0.4) is 0 Å². The van der Waals surface area contributed by atoms with E-state index in [0.717, 1.165) is 89.9 Å². The predicted octanol–water partition coefficient (Wildman–Crippen LogP) is 21.5. The highest BCUT2D eigenvalue weighted by molar-refractivity contribution is 7.45. The molecule has 0 bridgehead atoms. The number of phosphoric ester groups is 1. The molecule has 0 spiro atoms. The molecule has 3 atom stereocenters. The van der Waals surface area contributed by atoms with Crippen molar-refractivity contribution in [1.29, 1.82) is 0 Å². The lowest BCUT2D eigenvalue weighted by Crippen LogP contribution is -2.47. The standard InChI is InChI=1S/C72H135N2O7P/c1-7-10-13-16-19-22-25-28-30-32-34-35-36-37-38-39-41-43-45-47-50-53-56-59-62-65-72(76)81-70(63-60-57-54-51-48-27-24-21-18-15-12-9-3)69(68-80-82(77,78)79-67-66-74(4,5)6)73-71(75)64-61-58-55-52-49-46-44-42-40-33-31-29-26-23-20-17-14-11-8-2/h19,22,28,30,34-35,37-38,60,63,69-70H,7-18,20-21,23-27,29,31-33,36,39-59,61-62,64-68H2,1-6H3,(H-,73,75,77,78)/b22-19-,30-28-,35-34-,38-37-,63-60+. The molecule has 0 aliphatic rings. The van der Waals surface area contributed by atoms with E-state index in [9.17, 15) is 19.0 Å². The number of phosphoric acid groups is 1. The number of allylic oxidation sites excluding steroid dienone is 9. The molecular weight excluding hydrogens is 1040 g/mol. The van der Waals surface area contributed by atoms with Crippen molar-refractivity contribution >= 4 is 19.7 Å². The molecule has 0 heterocycles. The Morgan fingerprint density at radius 2 is 0.744 bits per heavy atom. The number of likely N-dealkylation sites (N-methyl/N-ethyl adjacent to an activating group) is 1. The van der Waals surface area contributed by atoms with Crippen LogP contribution in [0.1, 0.15) is 335 Å². The summed E-state index contributed by atoms with van der Waals surface area (Å²) in [6.45, 7) is 6.85. The van der Waals surface area contributed by atoms with Gasteiger partial charge in [-0.3, -0.25) is 14.2 Å². The van der Waals surface area contributed by atoms with Crippen molar-refractivity contribution in [3.8, 4) is 0 Å². The molecule has 0 aliphatic heterocycles. The molecule has 0 saturated carbocycles. The van der Waals surface area contributed by atoms with Gasteiger partial charge in [0.05, 0.1) is 33.8 Å². The number of esters is 1. The Hall–Kier alpha value is -2.29. The number of quaternary nitrogens is 1. The van der Waals surface area contributed by atoms with Crippen LogP contribution in [0.5, 0.6) is 0 Å². The second-order valence-corrected chi connectivity index (χ2v) is 26.5. The third kappa shape index (κ3) is 62.2. The molecule has 0 rings (SSSR count).